The molecule has 4 nitrogen and oxygen atoms in total. The lowest BCUT2D eigenvalue weighted by Gasteiger charge is -2.14. The smallest absolute Gasteiger partial charge is 0.199 e. The highest BCUT2D eigenvalue weighted by atomic mass is 16.1. The molecule has 1 fully saturated rings. The molecule has 1 aliphatic rings. The van der Waals surface area contributed by atoms with Gasteiger partial charge in [-0.3, -0.25) is 4.79 Å². The van der Waals surface area contributed by atoms with Gasteiger partial charge in [0.25, 0.3) is 0 Å². The van der Waals surface area contributed by atoms with Gasteiger partial charge in [-0.05, 0) is 31.5 Å². The summed E-state index contributed by atoms with van der Waals surface area (Å²) in [5.74, 6) is 0.723. The topological polar surface area (TPSA) is 46.9 Å². The largest absolute Gasteiger partial charge is 0.325 e. The van der Waals surface area contributed by atoms with Gasteiger partial charge in [-0.2, -0.15) is 0 Å². The van der Waals surface area contributed by atoms with Gasteiger partial charge in [0.05, 0.1) is 11.0 Å². The molecule has 0 aliphatic carbocycles. The third-order valence-electron chi connectivity index (χ3n) is 4.13. The third-order valence-corrected chi connectivity index (χ3v) is 4.13. The average molecular weight is 271 g/mol. The second-order valence-corrected chi connectivity index (χ2v) is 5.61. The average Bonchev–Trinajstić information content (AvgIpc) is 2.64. The van der Waals surface area contributed by atoms with E-state index < -0.39 is 0 Å². The van der Waals surface area contributed by atoms with E-state index in [4.69, 9.17) is 0 Å². The van der Waals surface area contributed by atoms with E-state index in [2.05, 4.69) is 10.3 Å². The highest BCUT2D eigenvalue weighted by Crippen LogP contribution is 2.18. The van der Waals surface area contributed by atoms with Crippen LogP contribution in [-0.2, 0) is 7.05 Å². The number of rotatable bonds is 3. The molecule has 1 aliphatic heterocycles. The summed E-state index contributed by atoms with van der Waals surface area (Å²) in [7, 11) is 1.92. The SMILES string of the molecule is Cn1c(C(=O)CC2CCCCCN2)nc2ccccc21. The van der Waals surface area contributed by atoms with Crippen molar-refractivity contribution < 1.29 is 4.79 Å². The third kappa shape index (κ3) is 2.61. The van der Waals surface area contributed by atoms with Crippen molar-refractivity contribution >= 4 is 16.8 Å². The maximum Gasteiger partial charge on any atom is 0.199 e. The zero-order valence-corrected chi connectivity index (χ0v) is 11.9. The summed E-state index contributed by atoms with van der Waals surface area (Å²) in [5.41, 5.74) is 1.91. The van der Waals surface area contributed by atoms with Crippen molar-refractivity contribution in [2.24, 2.45) is 7.05 Å². The van der Waals surface area contributed by atoms with Crippen molar-refractivity contribution in [1.29, 1.82) is 0 Å². The van der Waals surface area contributed by atoms with Gasteiger partial charge in [0.1, 0.15) is 0 Å². The van der Waals surface area contributed by atoms with Crippen molar-refractivity contribution in [2.45, 2.75) is 38.1 Å². The van der Waals surface area contributed by atoms with E-state index in [1.54, 1.807) is 0 Å². The second-order valence-electron chi connectivity index (χ2n) is 5.61. The Morgan fingerprint density at radius 2 is 2.20 bits per heavy atom. The van der Waals surface area contributed by atoms with Gasteiger partial charge in [0, 0.05) is 19.5 Å². The Morgan fingerprint density at radius 3 is 3.05 bits per heavy atom. The highest BCUT2D eigenvalue weighted by Gasteiger charge is 2.20. The molecule has 1 N–H and O–H groups in total. The zero-order valence-electron chi connectivity index (χ0n) is 11.9. The number of carbonyl (C=O) groups excluding carboxylic acids is 1. The number of Topliss-reactive ketones (excluding diaryl/α,β-unsaturated/α-hetero) is 1. The number of imidazole rings is 1. The molecule has 0 bridgehead atoms. The molecule has 1 saturated heterocycles. The summed E-state index contributed by atoms with van der Waals surface area (Å²) in [5, 5.41) is 3.48. The Morgan fingerprint density at radius 1 is 1.35 bits per heavy atom. The zero-order chi connectivity index (χ0) is 13.9. The standard InChI is InChI=1S/C16H21N3O/c1-19-14-9-5-4-8-13(14)18-16(19)15(20)11-12-7-3-2-6-10-17-12/h4-5,8-9,12,17H,2-3,6-7,10-11H2,1H3. The highest BCUT2D eigenvalue weighted by molar-refractivity contribution is 5.96. The van der Waals surface area contributed by atoms with Crippen LogP contribution in [0.2, 0.25) is 0 Å². The van der Waals surface area contributed by atoms with Crippen LogP contribution in [0.1, 0.15) is 42.7 Å². The van der Waals surface area contributed by atoms with Crippen molar-refractivity contribution in [1.82, 2.24) is 14.9 Å². The number of hydrogen-bond donors (Lipinski definition) is 1. The number of benzene rings is 1. The first-order valence-electron chi connectivity index (χ1n) is 7.44. The van der Waals surface area contributed by atoms with Crippen LogP contribution in [0.25, 0.3) is 11.0 Å². The quantitative estimate of drug-likeness (QED) is 0.873. The Kier molecular flexibility index (Phi) is 3.83. The van der Waals surface area contributed by atoms with E-state index in [1.165, 1.54) is 19.3 Å². The molecule has 3 rings (SSSR count). The van der Waals surface area contributed by atoms with Crippen molar-refractivity contribution in [3.8, 4) is 0 Å². The van der Waals surface area contributed by atoms with Gasteiger partial charge in [-0.1, -0.05) is 25.0 Å². The summed E-state index contributed by atoms with van der Waals surface area (Å²) in [6.07, 6.45) is 5.35. The first kappa shape index (κ1) is 13.3. The number of fused-ring (bicyclic) bond motifs is 1. The lowest BCUT2D eigenvalue weighted by Crippen LogP contribution is -2.31. The fraction of sp³-hybridized carbons (Fsp3) is 0.500. The summed E-state index contributed by atoms with van der Waals surface area (Å²) >= 11 is 0. The molecule has 1 aromatic carbocycles. The maximum absolute atomic E-state index is 12.5. The van der Waals surface area contributed by atoms with Crippen LogP contribution < -0.4 is 5.32 Å². The molecule has 2 aromatic rings. The van der Waals surface area contributed by atoms with Crippen LogP contribution in [0.3, 0.4) is 0 Å². The number of aryl methyl sites for hydroxylation is 1. The van der Waals surface area contributed by atoms with E-state index in [1.807, 2.05) is 35.9 Å². The van der Waals surface area contributed by atoms with Crippen molar-refractivity contribution in [2.75, 3.05) is 6.54 Å². The Labute approximate surface area is 119 Å². The maximum atomic E-state index is 12.5. The Hall–Kier alpha value is -1.68. The fourth-order valence-electron chi connectivity index (χ4n) is 2.98. The van der Waals surface area contributed by atoms with Crippen molar-refractivity contribution in [3.05, 3.63) is 30.1 Å². The number of carbonyl (C=O) groups is 1. The van der Waals surface area contributed by atoms with Crippen LogP contribution in [0.5, 0.6) is 0 Å². The van der Waals surface area contributed by atoms with Gasteiger partial charge < -0.3 is 9.88 Å². The van der Waals surface area contributed by atoms with E-state index in [9.17, 15) is 4.79 Å². The molecule has 0 amide bonds. The van der Waals surface area contributed by atoms with Gasteiger partial charge >= 0.3 is 0 Å². The Bertz CT molecular complexity index is 609. The predicted octanol–water partition coefficient (Wildman–Crippen LogP) is 2.68. The molecule has 1 unspecified atom stereocenters. The van der Waals surface area contributed by atoms with Gasteiger partial charge in [0.15, 0.2) is 11.6 Å². The monoisotopic (exact) mass is 271 g/mol. The molecule has 1 aromatic heterocycles. The normalized spacial score (nSPS) is 19.9. The first-order valence-corrected chi connectivity index (χ1v) is 7.44. The van der Waals surface area contributed by atoms with Gasteiger partial charge in [0.2, 0.25) is 0 Å². The predicted molar refractivity (Wildman–Crippen MR) is 79.9 cm³/mol. The molecular weight excluding hydrogens is 250 g/mol. The number of nitrogens with zero attached hydrogens (tertiary/aromatic N) is 2. The van der Waals surface area contributed by atoms with E-state index in [-0.39, 0.29) is 5.78 Å². The number of para-hydroxylation sites is 2. The Balaban J connectivity index is 1.79. The summed E-state index contributed by atoms with van der Waals surface area (Å²) in [6.45, 7) is 1.03. The minimum Gasteiger partial charge on any atom is -0.325 e. The van der Waals surface area contributed by atoms with Gasteiger partial charge in [-0.15, -0.1) is 0 Å². The molecule has 1 atom stereocenters. The summed E-state index contributed by atoms with van der Waals surface area (Å²) in [6, 6.07) is 8.20. The molecule has 20 heavy (non-hydrogen) atoms. The summed E-state index contributed by atoms with van der Waals surface area (Å²) < 4.78 is 1.91. The molecule has 106 valence electrons. The van der Waals surface area contributed by atoms with E-state index in [0.717, 1.165) is 24.0 Å². The lowest BCUT2D eigenvalue weighted by atomic mass is 10.0. The van der Waals surface area contributed by atoms with E-state index in [0.29, 0.717) is 18.3 Å². The van der Waals surface area contributed by atoms with Gasteiger partial charge in [-0.25, -0.2) is 4.98 Å². The van der Waals surface area contributed by atoms with Crippen LogP contribution in [0.15, 0.2) is 24.3 Å². The van der Waals surface area contributed by atoms with Crippen LogP contribution in [0, 0.1) is 0 Å². The molecule has 4 heteroatoms. The first-order chi connectivity index (χ1) is 9.75. The lowest BCUT2D eigenvalue weighted by molar-refractivity contribution is 0.0955. The molecular formula is C16H21N3O. The van der Waals surface area contributed by atoms with E-state index >= 15 is 0 Å². The molecule has 0 saturated carbocycles. The van der Waals surface area contributed by atoms with Crippen LogP contribution >= 0.6 is 0 Å². The number of hydrogen-bond acceptors (Lipinski definition) is 3. The molecule has 2 heterocycles. The molecule has 0 radical (unpaired) electrons. The second kappa shape index (κ2) is 5.75. The van der Waals surface area contributed by atoms with Crippen LogP contribution in [-0.4, -0.2) is 27.9 Å². The number of nitrogens with one attached hydrogen (secondary N) is 1. The number of ketones is 1. The molecule has 0 spiro atoms. The van der Waals surface area contributed by atoms with Crippen molar-refractivity contribution in [3.63, 3.8) is 0 Å². The summed E-state index contributed by atoms with van der Waals surface area (Å²) in [4.78, 5) is 17.0. The van der Waals surface area contributed by atoms with Crippen LogP contribution in [0.4, 0.5) is 0 Å². The fourth-order valence-corrected chi connectivity index (χ4v) is 2.98. The minimum absolute atomic E-state index is 0.142. The minimum atomic E-state index is 0.142. The number of aromatic nitrogens is 2.